The number of rotatable bonds is 3. The maximum atomic E-state index is 8.56. The molecular formula is C10H22O8. The van der Waals surface area contributed by atoms with Gasteiger partial charge in [0.1, 0.15) is 5.60 Å². The molecule has 0 saturated heterocycles. The molecule has 0 aromatic carbocycles. The van der Waals surface area contributed by atoms with Crippen LogP contribution in [0.3, 0.4) is 0 Å². The minimum Gasteiger partial charge on any atom is -0.450 e. The van der Waals surface area contributed by atoms with Crippen molar-refractivity contribution >= 4 is 12.3 Å². The lowest BCUT2D eigenvalue weighted by Gasteiger charge is -2.37. The van der Waals surface area contributed by atoms with Crippen LogP contribution >= 0.6 is 0 Å². The third kappa shape index (κ3) is 14.5. The molecule has 5 N–H and O–H groups in total. The first kappa shape index (κ1) is 21.7. The van der Waals surface area contributed by atoms with E-state index in [0.717, 1.165) is 6.42 Å². The molecule has 8 nitrogen and oxygen atoms in total. The van der Waals surface area contributed by atoms with E-state index in [-0.39, 0.29) is 5.41 Å². The topological polar surface area (TPSA) is 145 Å². The van der Waals surface area contributed by atoms with E-state index in [0.29, 0.717) is 0 Å². The normalized spacial score (nSPS) is 10.3. The summed E-state index contributed by atoms with van der Waals surface area (Å²) in [6, 6.07) is 0. The van der Waals surface area contributed by atoms with Crippen LogP contribution in [-0.2, 0) is 4.89 Å². The molecule has 8 heteroatoms. The van der Waals surface area contributed by atoms with Gasteiger partial charge in [-0.2, -0.15) is 0 Å². The molecule has 0 aliphatic rings. The van der Waals surface area contributed by atoms with Crippen LogP contribution in [0.25, 0.3) is 0 Å². The van der Waals surface area contributed by atoms with Gasteiger partial charge in [0.05, 0.1) is 0 Å². The van der Waals surface area contributed by atoms with Crippen molar-refractivity contribution in [2.24, 2.45) is 5.41 Å². The Balaban J connectivity index is -0.000000233. The highest BCUT2D eigenvalue weighted by molar-refractivity contribution is 5.53. The molecule has 0 amide bonds. The molecule has 0 radical (unpaired) electrons. The molecule has 0 rings (SSSR count). The van der Waals surface area contributed by atoms with Crippen molar-refractivity contribution in [2.75, 3.05) is 0 Å². The van der Waals surface area contributed by atoms with E-state index in [9.17, 15) is 0 Å². The van der Waals surface area contributed by atoms with Crippen LogP contribution in [0.15, 0.2) is 0 Å². The van der Waals surface area contributed by atoms with E-state index < -0.39 is 17.9 Å². The Kier molecular flexibility index (Phi) is 11.4. The molecule has 0 atom stereocenters. The largest absolute Gasteiger partial charge is 0.503 e. The summed E-state index contributed by atoms with van der Waals surface area (Å²) in [6.45, 7) is 10.0. The first-order valence-corrected chi connectivity index (χ1v) is 5.00. The molecule has 0 bridgehead atoms. The Labute approximate surface area is 105 Å². The average molecular weight is 270 g/mol. The van der Waals surface area contributed by atoms with Crippen molar-refractivity contribution in [3.8, 4) is 0 Å². The van der Waals surface area contributed by atoms with E-state index in [4.69, 9.17) is 35.3 Å². The van der Waals surface area contributed by atoms with Crippen LogP contribution in [0.5, 0.6) is 0 Å². The summed E-state index contributed by atoms with van der Waals surface area (Å²) in [7, 11) is 0. The second kappa shape index (κ2) is 9.49. The van der Waals surface area contributed by atoms with Gasteiger partial charge in [-0.15, -0.1) is 0 Å². The Hall–Kier alpha value is -1.54. The second-order valence-electron chi connectivity index (χ2n) is 4.40. The van der Waals surface area contributed by atoms with E-state index in [1.807, 2.05) is 13.8 Å². The van der Waals surface area contributed by atoms with E-state index >= 15 is 0 Å². The summed E-state index contributed by atoms with van der Waals surface area (Å²) in [6.07, 6.45) is -2.68. The molecule has 0 fully saturated rings. The maximum absolute atomic E-state index is 8.56. The molecule has 0 aliphatic heterocycles. The third-order valence-corrected chi connectivity index (χ3v) is 2.74. The smallest absolute Gasteiger partial charge is 0.450 e. The van der Waals surface area contributed by atoms with Crippen molar-refractivity contribution in [1.82, 2.24) is 0 Å². The van der Waals surface area contributed by atoms with Crippen molar-refractivity contribution in [1.29, 1.82) is 0 Å². The summed E-state index contributed by atoms with van der Waals surface area (Å²) >= 11 is 0. The van der Waals surface area contributed by atoms with E-state index in [1.165, 1.54) is 0 Å². The van der Waals surface area contributed by atoms with Crippen LogP contribution in [0.1, 0.15) is 41.0 Å². The zero-order chi connectivity index (χ0) is 15.6. The zero-order valence-corrected chi connectivity index (χ0v) is 11.2. The van der Waals surface area contributed by atoms with Gasteiger partial charge in [-0.1, -0.05) is 20.8 Å². The molecule has 0 spiro atoms. The maximum Gasteiger partial charge on any atom is 0.503 e. The molecule has 0 aromatic heterocycles. The van der Waals surface area contributed by atoms with Crippen LogP contribution < -0.4 is 0 Å². The lowest BCUT2D eigenvalue weighted by Crippen LogP contribution is -2.40. The highest BCUT2D eigenvalue weighted by atomic mass is 17.1. The van der Waals surface area contributed by atoms with Crippen LogP contribution in [0.2, 0.25) is 0 Å². The Bertz CT molecular complexity index is 212. The zero-order valence-electron chi connectivity index (χ0n) is 11.2. The number of hydrogen-bond donors (Lipinski definition) is 5. The minimum absolute atomic E-state index is 0.0156. The quantitative estimate of drug-likeness (QED) is 0.388. The molecule has 0 unspecified atom stereocenters. The molecule has 18 heavy (non-hydrogen) atoms. The Morgan fingerprint density at radius 1 is 0.944 bits per heavy atom. The fraction of sp³-hybridized carbons (Fsp3) is 0.800. The summed E-state index contributed by atoms with van der Waals surface area (Å²) < 4.78 is 0. The predicted octanol–water partition coefficient (Wildman–Crippen LogP) is 3.14. The monoisotopic (exact) mass is 270 g/mol. The second-order valence-corrected chi connectivity index (χ2v) is 4.40. The van der Waals surface area contributed by atoms with Gasteiger partial charge in [0.25, 0.3) is 0 Å². The van der Waals surface area contributed by atoms with Crippen molar-refractivity contribution in [2.45, 2.75) is 46.6 Å². The summed E-state index contributed by atoms with van der Waals surface area (Å²) in [4.78, 5) is 21.5. The predicted molar refractivity (Wildman–Crippen MR) is 63.2 cm³/mol. The lowest BCUT2D eigenvalue weighted by atomic mass is 9.75. The minimum atomic E-state index is -1.83. The fourth-order valence-corrected chi connectivity index (χ4v) is 0.549. The van der Waals surface area contributed by atoms with E-state index in [2.05, 4.69) is 25.7 Å². The van der Waals surface area contributed by atoms with Crippen molar-refractivity contribution < 1.29 is 40.2 Å². The van der Waals surface area contributed by atoms with Gasteiger partial charge in [-0.3, -0.25) is 5.26 Å². The number of carbonyl (C=O) groups is 2. The van der Waals surface area contributed by atoms with Gasteiger partial charge in [0.2, 0.25) is 0 Å². The highest BCUT2D eigenvalue weighted by Crippen LogP contribution is 2.35. The summed E-state index contributed by atoms with van der Waals surface area (Å²) in [5.41, 5.74) is -0.441. The number of carboxylic acid groups (broad SMARTS) is 4. The standard InChI is InChI=1S/C8H18O2.2CH2O3/c1-6-7(2,3)8(4,5)10-9;2*2-1(3)4/h9H,6H2,1-5H3;2*(H2,2,3,4). The summed E-state index contributed by atoms with van der Waals surface area (Å²) in [5, 5.41) is 36.4. The van der Waals surface area contributed by atoms with Crippen molar-refractivity contribution in [3.05, 3.63) is 0 Å². The van der Waals surface area contributed by atoms with Crippen LogP contribution in [0.4, 0.5) is 9.59 Å². The van der Waals surface area contributed by atoms with Gasteiger partial charge < -0.3 is 20.4 Å². The lowest BCUT2D eigenvalue weighted by molar-refractivity contribution is -0.339. The molecule has 0 heterocycles. The van der Waals surface area contributed by atoms with Crippen LogP contribution in [-0.4, -0.2) is 43.6 Å². The van der Waals surface area contributed by atoms with E-state index in [1.54, 1.807) is 0 Å². The molecule has 0 aromatic rings. The van der Waals surface area contributed by atoms with Gasteiger partial charge >= 0.3 is 12.3 Å². The fourth-order valence-electron chi connectivity index (χ4n) is 0.549. The van der Waals surface area contributed by atoms with Gasteiger partial charge in [0, 0.05) is 0 Å². The first-order chi connectivity index (χ1) is 7.84. The Morgan fingerprint density at radius 3 is 1.22 bits per heavy atom. The third-order valence-electron chi connectivity index (χ3n) is 2.74. The SMILES string of the molecule is CCC(C)(C)C(C)(C)OO.O=C(O)O.O=C(O)O. The number of hydrogen-bond acceptors (Lipinski definition) is 4. The average Bonchev–Trinajstić information content (AvgIpc) is 2.15. The van der Waals surface area contributed by atoms with Crippen LogP contribution in [0, 0.1) is 5.41 Å². The van der Waals surface area contributed by atoms with Crippen molar-refractivity contribution in [3.63, 3.8) is 0 Å². The summed E-state index contributed by atoms with van der Waals surface area (Å²) in [5.74, 6) is 0. The molecule has 0 aliphatic carbocycles. The van der Waals surface area contributed by atoms with Gasteiger partial charge in [-0.25, -0.2) is 14.5 Å². The van der Waals surface area contributed by atoms with Gasteiger partial charge in [0.15, 0.2) is 0 Å². The highest BCUT2D eigenvalue weighted by Gasteiger charge is 2.36. The molecule has 0 saturated carbocycles. The molecular weight excluding hydrogens is 248 g/mol. The Morgan fingerprint density at radius 2 is 1.17 bits per heavy atom. The first-order valence-electron chi connectivity index (χ1n) is 5.00. The molecule has 110 valence electrons. The van der Waals surface area contributed by atoms with Gasteiger partial charge in [-0.05, 0) is 25.7 Å².